The molecule has 0 aliphatic rings. The number of alkyl halides is 2. The molecule has 0 atom stereocenters. The van der Waals surface area contributed by atoms with Gasteiger partial charge in [-0.25, -0.2) is 18.6 Å². The van der Waals surface area contributed by atoms with Crippen molar-refractivity contribution < 1.29 is 23.1 Å². The minimum atomic E-state index is -3.05. The van der Waals surface area contributed by atoms with Crippen LogP contribution in [0.4, 0.5) is 13.2 Å². The number of nitrogens with zero attached hydrogens (tertiary/aromatic N) is 1. The Hall–Kier alpha value is -1.63. The molecule has 0 saturated heterocycles. The number of carboxylic acids is 1. The predicted octanol–water partition coefficient (Wildman–Crippen LogP) is 1.32. The summed E-state index contributed by atoms with van der Waals surface area (Å²) < 4.78 is 37.7. The summed E-state index contributed by atoms with van der Waals surface area (Å²) in [6, 6.07) is 0.447. The third-order valence-corrected chi connectivity index (χ3v) is 1.75. The van der Waals surface area contributed by atoms with E-state index in [4.69, 9.17) is 10.8 Å². The molecule has 1 heterocycles. The summed E-state index contributed by atoms with van der Waals surface area (Å²) >= 11 is 0. The van der Waals surface area contributed by atoms with E-state index < -0.39 is 41.7 Å². The summed E-state index contributed by atoms with van der Waals surface area (Å²) in [4.78, 5) is 13.7. The second kappa shape index (κ2) is 4.26. The summed E-state index contributed by atoms with van der Waals surface area (Å²) in [5.74, 6) is -2.78. The fourth-order valence-corrected chi connectivity index (χ4v) is 1.15. The van der Waals surface area contributed by atoms with Crippen LogP contribution in [0, 0.1) is 5.95 Å². The summed E-state index contributed by atoms with van der Waals surface area (Å²) in [6.07, 6.45) is -3.05. The Morgan fingerprint density at radius 1 is 1.60 bits per heavy atom. The standard InChI is InChI=1S/C8H7F3N2O2/c9-5-1-3(8(14)15)6(7(10)11)4(2-12)13-5/h1,7H,2,12H2,(H,14,15). The van der Waals surface area contributed by atoms with Gasteiger partial charge >= 0.3 is 5.97 Å². The van der Waals surface area contributed by atoms with Crippen molar-refractivity contribution in [2.24, 2.45) is 5.73 Å². The molecule has 0 amide bonds. The van der Waals surface area contributed by atoms with Crippen molar-refractivity contribution in [3.63, 3.8) is 0 Å². The first-order chi connectivity index (χ1) is 6.97. The van der Waals surface area contributed by atoms with Gasteiger partial charge in [0.1, 0.15) is 0 Å². The van der Waals surface area contributed by atoms with Gasteiger partial charge in [-0.1, -0.05) is 0 Å². The zero-order valence-electron chi connectivity index (χ0n) is 7.38. The third-order valence-electron chi connectivity index (χ3n) is 1.75. The van der Waals surface area contributed by atoms with Crippen molar-refractivity contribution in [1.82, 2.24) is 4.98 Å². The molecular weight excluding hydrogens is 213 g/mol. The minimum Gasteiger partial charge on any atom is -0.478 e. The van der Waals surface area contributed by atoms with Gasteiger partial charge in [-0.3, -0.25) is 0 Å². The molecule has 0 aliphatic carbocycles. The number of carboxylic acid groups (broad SMARTS) is 1. The van der Waals surface area contributed by atoms with Gasteiger partial charge in [-0.15, -0.1) is 0 Å². The number of hydrogen-bond donors (Lipinski definition) is 2. The largest absolute Gasteiger partial charge is 0.478 e. The molecule has 0 bridgehead atoms. The van der Waals surface area contributed by atoms with Crippen molar-refractivity contribution in [3.8, 4) is 0 Å². The van der Waals surface area contributed by atoms with Crippen LogP contribution in [0.1, 0.15) is 28.0 Å². The van der Waals surface area contributed by atoms with E-state index in [1.165, 1.54) is 0 Å². The lowest BCUT2D eigenvalue weighted by Crippen LogP contribution is -2.13. The first kappa shape index (κ1) is 11.4. The molecule has 0 unspecified atom stereocenters. The Balaban J connectivity index is 3.47. The Bertz CT molecular complexity index is 396. The summed E-state index contributed by atoms with van der Waals surface area (Å²) in [5.41, 5.74) is 2.99. The molecular formula is C8H7F3N2O2. The zero-order chi connectivity index (χ0) is 11.6. The van der Waals surface area contributed by atoms with E-state index in [1.807, 2.05) is 0 Å². The topological polar surface area (TPSA) is 76.2 Å². The number of hydrogen-bond acceptors (Lipinski definition) is 3. The van der Waals surface area contributed by atoms with Crippen molar-refractivity contribution in [3.05, 3.63) is 28.8 Å². The number of halogens is 3. The molecule has 7 heteroatoms. The van der Waals surface area contributed by atoms with Gasteiger partial charge in [-0.2, -0.15) is 4.39 Å². The van der Waals surface area contributed by atoms with E-state index in [1.54, 1.807) is 0 Å². The maximum Gasteiger partial charge on any atom is 0.336 e. The first-order valence-corrected chi connectivity index (χ1v) is 3.88. The second-order valence-electron chi connectivity index (χ2n) is 2.66. The minimum absolute atomic E-state index is 0.442. The van der Waals surface area contributed by atoms with Crippen molar-refractivity contribution >= 4 is 5.97 Å². The van der Waals surface area contributed by atoms with Crippen LogP contribution in [0.25, 0.3) is 0 Å². The van der Waals surface area contributed by atoms with E-state index in [9.17, 15) is 18.0 Å². The van der Waals surface area contributed by atoms with Crippen molar-refractivity contribution in [2.45, 2.75) is 13.0 Å². The summed E-state index contributed by atoms with van der Waals surface area (Å²) in [6.45, 7) is -0.447. The molecule has 0 aromatic carbocycles. The molecule has 1 aromatic rings. The van der Waals surface area contributed by atoms with Gasteiger partial charge in [0.2, 0.25) is 5.95 Å². The highest BCUT2D eigenvalue weighted by atomic mass is 19.3. The Morgan fingerprint density at radius 3 is 2.60 bits per heavy atom. The van der Waals surface area contributed by atoms with Gasteiger partial charge in [-0.05, 0) is 0 Å². The van der Waals surface area contributed by atoms with Crippen molar-refractivity contribution in [2.75, 3.05) is 0 Å². The summed E-state index contributed by atoms with van der Waals surface area (Å²) in [5, 5.41) is 8.59. The SMILES string of the molecule is NCc1nc(F)cc(C(=O)O)c1C(F)F. The van der Waals surface area contributed by atoms with Gasteiger partial charge in [0.25, 0.3) is 6.43 Å². The lowest BCUT2D eigenvalue weighted by molar-refractivity contribution is 0.0682. The monoisotopic (exact) mass is 220 g/mol. The van der Waals surface area contributed by atoms with Crippen LogP contribution < -0.4 is 5.73 Å². The lowest BCUT2D eigenvalue weighted by atomic mass is 10.1. The fourth-order valence-electron chi connectivity index (χ4n) is 1.15. The second-order valence-corrected chi connectivity index (χ2v) is 2.66. The molecule has 4 nitrogen and oxygen atoms in total. The van der Waals surface area contributed by atoms with Crippen LogP contribution >= 0.6 is 0 Å². The van der Waals surface area contributed by atoms with Gasteiger partial charge in [0.15, 0.2) is 0 Å². The number of aromatic carboxylic acids is 1. The van der Waals surface area contributed by atoms with E-state index in [2.05, 4.69) is 4.98 Å². The lowest BCUT2D eigenvalue weighted by Gasteiger charge is -2.09. The van der Waals surface area contributed by atoms with Crippen LogP contribution in [0.5, 0.6) is 0 Å². The maximum absolute atomic E-state index is 12.7. The highest BCUT2D eigenvalue weighted by molar-refractivity contribution is 5.89. The Kier molecular flexibility index (Phi) is 3.25. The molecule has 1 rings (SSSR count). The highest BCUT2D eigenvalue weighted by Gasteiger charge is 2.23. The smallest absolute Gasteiger partial charge is 0.336 e. The van der Waals surface area contributed by atoms with Crippen LogP contribution in [0.2, 0.25) is 0 Å². The number of pyridine rings is 1. The van der Waals surface area contributed by atoms with Crippen LogP contribution in [-0.2, 0) is 6.54 Å². The average Bonchev–Trinajstić information content (AvgIpc) is 2.15. The maximum atomic E-state index is 12.7. The number of rotatable bonds is 3. The number of aromatic nitrogens is 1. The average molecular weight is 220 g/mol. The molecule has 0 saturated carbocycles. The molecule has 82 valence electrons. The first-order valence-electron chi connectivity index (χ1n) is 3.88. The van der Waals surface area contributed by atoms with Crippen LogP contribution in [-0.4, -0.2) is 16.1 Å². The third kappa shape index (κ3) is 2.24. The molecule has 0 spiro atoms. The summed E-state index contributed by atoms with van der Waals surface area (Å²) in [7, 11) is 0. The predicted molar refractivity (Wildman–Crippen MR) is 44.0 cm³/mol. The van der Waals surface area contributed by atoms with Gasteiger partial charge < -0.3 is 10.8 Å². The molecule has 0 fully saturated rings. The highest BCUT2D eigenvalue weighted by Crippen LogP contribution is 2.26. The Morgan fingerprint density at radius 2 is 2.20 bits per heavy atom. The molecule has 0 radical (unpaired) electrons. The quantitative estimate of drug-likeness (QED) is 0.753. The number of nitrogens with two attached hydrogens (primary N) is 1. The zero-order valence-corrected chi connectivity index (χ0v) is 7.38. The molecule has 1 aromatic heterocycles. The van der Waals surface area contributed by atoms with Crippen LogP contribution in [0.15, 0.2) is 6.07 Å². The van der Waals surface area contributed by atoms with E-state index >= 15 is 0 Å². The molecule has 0 aliphatic heterocycles. The van der Waals surface area contributed by atoms with Crippen LogP contribution in [0.3, 0.4) is 0 Å². The van der Waals surface area contributed by atoms with E-state index in [0.29, 0.717) is 6.07 Å². The van der Waals surface area contributed by atoms with E-state index in [0.717, 1.165) is 0 Å². The van der Waals surface area contributed by atoms with Crippen molar-refractivity contribution in [1.29, 1.82) is 0 Å². The molecule has 15 heavy (non-hydrogen) atoms. The van der Waals surface area contributed by atoms with Gasteiger partial charge in [0.05, 0.1) is 16.8 Å². The molecule has 3 N–H and O–H groups in total. The number of carbonyl (C=O) groups is 1. The Labute approximate surface area is 82.5 Å². The van der Waals surface area contributed by atoms with E-state index in [-0.39, 0.29) is 0 Å². The van der Waals surface area contributed by atoms with Gasteiger partial charge in [0, 0.05) is 12.6 Å². The normalized spacial score (nSPS) is 10.7. The fraction of sp³-hybridized carbons (Fsp3) is 0.250.